The highest BCUT2D eigenvalue weighted by atomic mass is 32.1. The maximum atomic E-state index is 12.5. The molecule has 1 aromatic carbocycles. The molecule has 0 unspecified atom stereocenters. The van der Waals surface area contributed by atoms with Gasteiger partial charge in [-0.25, -0.2) is 9.78 Å². The summed E-state index contributed by atoms with van der Waals surface area (Å²) in [5.74, 6) is -0.262. The lowest BCUT2D eigenvalue weighted by atomic mass is 9.86. The van der Waals surface area contributed by atoms with Crippen molar-refractivity contribution in [1.29, 1.82) is 0 Å². The van der Waals surface area contributed by atoms with Crippen molar-refractivity contribution < 1.29 is 14.3 Å². The number of aryl methyl sites for hydroxylation is 1. The highest BCUT2D eigenvalue weighted by molar-refractivity contribution is 7.17. The summed E-state index contributed by atoms with van der Waals surface area (Å²) in [4.78, 5) is 29.9. The molecule has 1 heterocycles. The van der Waals surface area contributed by atoms with Gasteiger partial charge in [-0.1, -0.05) is 50.1 Å². The van der Waals surface area contributed by atoms with Gasteiger partial charge in [0.25, 0.3) is 5.91 Å². The van der Waals surface area contributed by atoms with E-state index in [2.05, 4.69) is 17.2 Å². The Morgan fingerprint density at radius 3 is 2.63 bits per heavy atom. The first kappa shape index (κ1) is 19.5. The van der Waals surface area contributed by atoms with Gasteiger partial charge in [0.1, 0.15) is 9.88 Å². The number of amides is 1. The van der Waals surface area contributed by atoms with Gasteiger partial charge in [-0.05, 0) is 32.6 Å². The fraction of sp³-hybridized carbons (Fsp3) is 0.476. The van der Waals surface area contributed by atoms with Crippen molar-refractivity contribution in [3.8, 4) is 10.6 Å². The number of esters is 1. The minimum atomic E-state index is -0.826. The third-order valence-electron chi connectivity index (χ3n) is 5.09. The van der Waals surface area contributed by atoms with Crippen LogP contribution in [0.1, 0.15) is 54.9 Å². The van der Waals surface area contributed by atoms with E-state index in [1.54, 1.807) is 13.8 Å². The van der Waals surface area contributed by atoms with Gasteiger partial charge < -0.3 is 10.1 Å². The average Bonchev–Trinajstić information content (AvgIpc) is 3.06. The van der Waals surface area contributed by atoms with Gasteiger partial charge in [0, 0.05) is 11.6 Å². The number of thiazole rings is 1. The van der Waals surface area contributed by atoms with Gasteiger partial charge in [0.15, 0.2) is 6.10 Å². The van der Waals surface area contributed by atoms with E-state index in [9.17, 15) is 9.59 Å². The molecule has 0 aliphatic heterocycles. The standard InChI is InChI=1S/C21H26N2O3S/c1-13-9-7-8-12-17(13)23-19(24)15(3)26-21(25)18-14(2)22-20(27-18)16-10-5-4-6-11-16/h4-6,10-11,13,15,17H,7-9,12H2,1-3H3,(H,23,24)/t13-,15-,17-/m0/s1. The predicted octanol–water partition coefficient (Wildman–Crippen LogP) is 4.36. The van der Waals surface area contributed by atoms with Gasteiger partial charge in [-0.3, -0.25) is 4.79 Å². The summed E-state index contributed by atoms with van der Waals surface area (Å²) < 4.78 is 5.42. The Balaban J connectivity index is 1.63. The van der Waals surface area contributed by atoms with Crippen molar-refractivity contribution in [3.63, 3.8) is 0 Å². The Kier molecular flexibility index (Phi) is 6.26. The number of rotatable bonds is 5. The molecule has 144 valence electrons. The van der Waals surface area contributed by atoms with E-state index in [-0.39, 0.29) is 11.9 Å². The van der Waals surface area contributed by atoms with E-state index in [1.807, 2.05) is 30.3 Å². The molecule has 0 radical (unpaired) electrons. The third-order valence-corrected chi connectivity index (χ3v) is 6.28. The first-order chi connectivity index (χ1) is 13.0. The smallest absolute Gasteiger partial charge is 0.351 e. The molecule has 3 atom stereocenters. The molecule has 1 aromatic heterocycles. The normalized spacial score (nSPS) is 20.7. The van der Waals surface area contributed by atoms with Crippen molar-refractivity contribution in [2.45, 2.75) is 58.6 Å². The third kappa shape index (κ3) is 4.75. The van der Waals surface area contributed by atoms with Crippen molar-refractivity contribution in [2.24, 2.45) is 5.92 Å². The van der Waals surface area contributed by atoms with Gasteiger partial charge >= 0.3 is 5.97 Å². The molecular weight excluding hydrogens is 360 g/mol. The van der Waals surface area contributed by atoms with Gasteiger partial charge in [0.05, 0.1) is 5.69 Å². The fourth-order valence-electron chi connectivity index (χ4n) is 3.39. The monoisotopic (exact) mass is 386 g/mol. The number of nitrogens with one attached hydrogen (secondary N) is 1. The fourth-order valence-corrected chi connectivity index (χ4v) is 4.34. The van der Waals surface area contributed by atoms with E-state index in [0.717, 1.165) is 29.8 Å². The molecule has 1 aliphatic rings. The minimum absolute atomic E-state index is 0.169. The Labute approximate surface area is 164 Å². The van der Waals surface area contributed by atoms with Crippen LogP contribution in [0.2, 0.25) is 0 Å². The van der Waals surface area contributed by atoms with Crippen LogP contribution in [0.4, 0.5) is 0 Å². The molecule has 1 amide bonds. The zero-order valence-corrected chi connectivity index (χ0v) is 16.8. The van der Waals surface area contributed by atoms with Crippen LogP contribution in [0.5, 0.6) is 0 Å². The quantitative estimate of drug-likeness (QED) is 0.775. The number of carbonyl (C=O) groups is 2. The van der Waals surface area contributed by atoms with Crippen molar-refractivity contribution in [2.75, 3.05) is 0 Å². The lowest BCUT2D eigenvalue weighted by molar-refractivity contribution is -0.130. The van der Waals surface area contributed by atoms with Crippen LogP contribution in [-0.2, 0) is 9.53 Å². The highest BCUT2D eigenvalue weighted by Crippen LogP contribution is 2.28. The second kappa shape index (κ2) is 8.65. The van der Waals surface area contributed by atoms with Crippen LogP contribution in [0.25, 0.3) is 10.6 Å². The summed E-state index contributed by atoms with van der Waals surface area (Å²) in [5, 5.41) is 3.81. The Bertz CT molecular complexity index is 803. The zero-order valence-electron chi connectivity index (χ0n) is 16.0. The molecule has 1 fully saturated rings. The first-order valence-electron chi connectivity index (χ1n) is 9.50. The second-order valence-electron chi connectivity index (χ2n) is 7.22. The molecule has 0 spiro atoms. The van der Waals surface area contributed by atoms with Crippen molar-refractivity contribution >= 4 is 23.2 Å². The summed E-state index contributed by atoms with van der Waals surface area (Å²) in [6.07, 6.45) is 3.63. The molecule has 27 heavy (non-hydrogen) atoms. The Hall–Kier alpha value is -2.21. The molecular formula is C21H26N2O3S. The summed E-state index contributed by atoms with van der Waals surface area (Å²) in [6, 6.07) is 9.88. The Morgan fingerprint density at radius 2 is 1.93 bits per heavy atom. The zero-order chi connectivity index (χ0) is 19.4. The van der Waals surface area contributed by atoms with E-state index in [1.165, 1.54) is 17.8 Å². The molecule has 3 rings (SSSR count). The SMILES string of the molecule is Cc1nc(-c2ccccc2)sc1C(=O)O[C@@H](C)C(=O)N[C@H]1CCCC[C@@H]1C. The first-order valence-corrected chi connectivity index (χ1v) is 10.3. The van der Waals surface area contributed by atoms with E-state index < -0.39 is 12.1 Å². The summed E-state index contributed by atoms with van der Waals surface area (Å²) in [5.41, 5.74) is 1.58. The minimum Gasteiger partial charge on any atom is -0.448 e. The molecule has 5 nitrogen and oxygen atoms in total. The summed E-state index contributed by atoms with van der Waals surface area (Å²) in [7, 11) is 0. The number of hydrogen-bond acceptors (Lipinski definition) is 5. The molecule has 6 heteroatoms. The van der Waals surface area contributed by atoms with Gasteiger partial charge in [-0.2, -0.15) is 0 Å². The lowest BCUT2D eigenvalue weighted by Crippen LogP contribution is -2.45. The van der Waals surface area contributed by atoms with Gasteiger partial charge in [-0.15, -0.1) is 11.3 Å². The summed E-state index contributed by atoms with van der Waals surface area (Å²) in [6.45, 7) is 5.57. The largest absolute Gasteiger partial charge is 0.448 e. The van der Waals surface area contributed by atoms with Crippen LogP contribution in [0, 0.1) is 12.8 Å². The van der Waals surface area contributed by atoms with Crippen LogP contribution >= 0.6 is 11.3 Å². The average molecular weight is 387 g/mol. The molecule has 1 aliphatic carbocycles. The number of aromatic nitrogens is 1. The maximum absolute atomic E-state index is 12.5. The Morgan fingerprint density at radius 1 is 1.22 bits per heavy atom. The molecule has 0 saturated heterocycles. The number of hydrogen-bond donors (Lipinski definition) is 1. The topological polar surface area (TPSA) is 68.3 Å². The van der Waals surface area contributed by atoms with E-state index in [4.69, 9.17) is 4.74 Å². The van der Waals surface area contributed by atoms with Crippen molar-refractivity contribution in [1.82, 2.24) is 10.3 Å². The second-order valence-corrected chi connectivity index (χ2v) is 8.22. The maximum Gasteiger partial charge on any atom is 0.351 e. The van der Waals surface area contributed by atoms with Crippen molar-refractivity contribution in [3.05, 3.63) is 40.9 Å². The number of nitrogens with zero attached hydrogens (tertiary/aromatic N) is 1. The highest BCUT2D eigenvalue weighted by Gasteiger charge is 2.27. The molecule has 1 saturated carbocycles. The number of carbonyl (C=O) groups excluding carboxylic acids is 2. The number of benzene rings is 1. The molecule has 1 N–H and O–H groups in total. The number of ether oxygens (including phenoxy) is 1. The summed E-state index contributed by atoms with van der Waals surface area (Å²) >= 11 is 1.29. The van der Waals surface area contributed by atoms with Crippen LogP contribution < -0.4 is 5.32 Å². The van der Waals surface area contributed by atoms with Crippen LogP contribution in [0.3, 0.4) is 0 Å². The van der Waals surface area contributed by atoms with E-state index in [0.29, 0.717) is 16.5 Å². The van der Waals surface area contributed by atoms with Crippen LogP contribution in [-0.4, -0.2) is 29.0 Å². The van der Waals surface area contributed by atoms with Crippen LogP contribution in [0.15, 0.2) is 30.3 Å². The van der Waals surface area contributed by atoms with Gasteiger partial charge in [0.2, 0.25) is 0 Å². The van der Waals surface area contributed by atoms with E-state index >= 15 is 0 Å². The predicted molar refractivity (Wildman–Crippen MR) is 107 cm³/mol. The molecule has 2 aromatic rings. The lowest BCUT2D eigenvalue weighted by Gasteiger charge is -2.30. The molecule has 0 bridgehead atoms.